The zero-order valence-corrected chi connectivity index (χ0v) is 36.1. The van der Waals surface area contributed by atoms with Gasteiger partial charge < -0.3 is 43.1 Å². The highest BCUT2D eigenvalue weighted by Crippen LogP contribution is 2.27. The molecular weight excluding hydrogens is 817 g/mol. The van der Waals surface area contributed by atoms with Crippen molar-refractivity contribution in [1.82, 2.24) is 40.1 Å². The molecule has 0 spiro atoms. The van der Waals surface area contributed by atoms with Gasteiger partial charge in [-0.25, -0.2) is 9.78 Å². The monoisotopic (exact) mass is 872 g/mol. The zero-order valence-electron chi connectivity index (χ0n) is 36.1. The number of carbonyl (C=O) groups is 5. The maximum atomic E-state index is 14.8. The molecule has 5 amide bonds. The number of aromatic nitrogens is 5. The van der Waals surface area contributed by atoms with Gasteiger partial charge in [0.05, 0.1) is 18.1 Å². The Balaban J connectivity index is 1.31. The molecule has 6 rings (SSSR count). The number of rotatable bonds is 21. The van der Waals surface area contributed by atoms with Gasteiger partial charge in [-0.3, -0.25) is 34.0 Å². The topological polar surface area (TPSA) is 283 Å². The molecule has 5 atom stereocenters. The Morgan fingerprint density at radius 3 is 2.17 bits per heavy atom. The van der Waals surface area contributed by atoms with Crippen molar-refractivity contribution in [2.45, 2.75) is 89.5 Å². The number of nitrogens with two attached hydrogens (primary N) is 3. The summed E-state index contributed by atoms with van der Waals surface area (Å²) in [6.45, 7) is 5.42. The quantitative estimate of drug-likeness (QED) is 0.0477. The second kappa shape index (κ2) is 21.2. The summed E-state index contributed by atoms with van der Waals surface area (Å²) in [7, 11) is 0. The number of carbonyl (C=O) groups excluding carboxylic acids is 5. The van der Waals surface area contributed by atoms with Gasteiger partial charge >= 0.3 is 5.69 Å². The summed E-state index contributed by atoms with van der Waals surface area (Å²) in [6.07, 6.45) is 6.44. The van der Waals surface area contributed by atoms with Crippen molar-refractivity contribution in [2.24, 2.45) is 17.2 Å². The fraction of sp³-hybridized carbons (Fsp3) is 0.326. The van der Waals surface area contributed by atoms with Crippen molar-refractivity contribution in [3.8, 4) is 11.3 Å². The third-order valence-corrected chi connectivity index (χ3v) is 11.2. The fourth-order valence-electron chi connectivity index (χ4n) is 7.65. The number of imidazole rings is 2. The molecule has 12 N–H and O–H groups in total. The maximum absolute atomic E-state index is 14.8. The van der Waals surface area contributed by atoms with E-state index in [-0.39, 0.29) is 31.4 Å². The van der Waals surface area contributed by atoms with Gasteiger partial charge in [0.1, 0.15) is 24.2 Å². The normalized spacial score (nSPS) is 13.6. The maximum Gasteiger partial charge on any atom is 0.348 e. The summed E-state index contributed by atoms with van der Waals surface area (Å²) in [5.74, 6) is -3.39. The van der Waals surface area contributed by atoms with Gasteiger partial charge in [0.25, 0.3) is 5.91 Å². The molecule has 0 aliphatic rings. The molecule has 18 heteroatoms. The van der Waals surface area contributed by atoms with Crippen LogP contribution in [0, 0.1) is 13.8 Å². The van der Waals surface area contributed by atoms with Crippen LogP contribution in [0.4, 0.5) is 0 Å². The molecule has 0 saturated carbocycles. The first kappa shape index (κ1) is 46.2. The van der Waals surface area contributed by atoms with Crippen LogP contribution in [0.1, 0.15) is 60.3 Å². The minimum Gasteiger partial charge on any atom is -0.368 e. The number of para-hydroxylation sites is 1. The molecule has 0 aliphatic heterocycles. The summed E-state index contributed by atoms with van der Waals surface area (Å²) in [6, 6.07) is 18.2. The first-order valence-corrected chi connectivity index (χ1v) is 21.2. The molecule has 64 heavy (non-hydrogen) atoms. The van der Waals surface area contributed by atoms with Crippen LogP contribution in [-0.4, -0.2) is 84.4 Å². The lowest BCUT2D eigenvalue weighted by Gasteiger charge is -2.23. The Morgan fingerprint density at radius 2 is 1.48 bits per heavy atom. The first-order valence-electron chi connectivity index (χ1n) is 21.2. The van der Waals surface area contributed by atoms with Crippen LogP contribution in [0.2, 0.25) is 0 Å². The molecule has 3 aromatic carbocycles. The number of nitrogens with zero attached hydrogens (tertiary/aromatic N) is 3. The number of aromatic amines is 2. The molecule has 0 radical (unpaired) electrons. The molecule has 3 aromatic heterocycles. The minimum atomic E-state index is -1.25. The minimum absolute atomic E-state index is 0.0501. The molecule has 0 aliphatic carbocycles. The number of benzene rings is 3. The Kier molecular flexibility index (Phi) is 15.3. The van der Waals surface area contributed by atoms with Gasteiger partial charge in [0, 0.05) is 59.5 Å². The van der Waals surface area contributed by atoms with Crippen LogP contribution in [0.3, 0.4) is 0 Å². The van der Waals surface area contributed by atoms with Gasteiger partial charge in [-0.2, -0.15) is 4.68 Å². The van der Waals surface area contributed by atoms with Gasteiger partial charge in [-0.1, -0.05) is 78.4 Å². The van der Waals surface area contributed by atoms with Crippen molar-refractivity contribution in [3.63, 3.8) is 0 Å². The van der Waals surface area contributed by atoms with Gasteiger partial charge in [0.2, 0.25) is 23.6 Å². The van der Waals surface area contributed by atoms with Crippen molar-refractivity contribution < 1.29 is 24.0 Å². The lowest BCUT2D eigenvalue weighted by atomic mass is 10.0. The van der Waals surface area contributed by atoms with E-state index >= 15 is 0 Å². The van der Waals surface area contributed by atoms with Gasteiger partial charge in [-0.05, 0) is 63.8 Å². The average Bonchev–Trinajstić information content (AvgIpc) is 4.01. The standard InChI is InChI=1S/C46H56N12O6/c1-27-16-18-31(19-17-27)40-29(3)57(39(21-30-11-5-4-6-12-30)45(63)54-37(41(49)59)15-9-10-20-47)46(64)58(40)56-42(60)28(2)53-44(62)38(22-32-24-51-36-14-8-7-13-34(32)36)55-43(61)35(48)23-33-25-50-26-52-33/h4-8,11-14,16-19,24-26,28,35,37-39,51H,9-10,15,20-23,47-48H2,1-3H3,(H2,49,59)(H,50,52)(H,53,62)(H,54,63)(H,55,61)(H,56,60)/t28-,35-,37-,38+,39?/m0/s1. The number of aryl methyl sites for hydroxylation is 1. The summed E-state index contributed by atoms with van der Waals surface area (Å²) in [5.41, 5.74) is 24.6. The molecule has 1 unspecified atom stereocenters. The molecule has 336 valence electrons. The van der Waals surface area contributed by atoms with E-state index < -0.39 is 65.4 Å². The molecule has 0 fully saturated rings. The van der Waals surface area contributed by atoms with E-state index in [4.69, 9.17) is 17.2 Å². The third kappa shape index (κ3) is 11.2. The highest BCUT2D eigenvalue weighted by atomic mass is 16.2. The van der Waals surface area contributed by atoms with E-state index in [2.05, 4.69) is 36.3 Å². The predicted octanol–water partition coefficient (Wildman–Crippen LogP) is 1.89. The number of nitrogens with one attached hydrogen (secondary N) is 6. The van der Waals surface area contributed by atoms with E-state index in [9.17, 15) is 28.8 Å². The lowest BCUT2D eigenvalue weighted by molar-refractivity contribution is -0.131. The molecule has 0 bridgehead atoms. The molecular formula is C46H56N12O6. The van der Waals surface area contributed by atoms with Crippen LogP contribution >= 0.6 is 0 Å². The largest absolute Gasteiger partial charge is 0.368 e. The third-order valence-electron chi connectivity index (χ3n) is 11.2. The smallest absolute Gasteiger partial charge is 0.348 e. The van der Waals surface area contributed by atoms with E-state index in [0.29, 0.717) is 36.3 Å². The summed E-state index contributed by atoms with van der Waals surface area (Å²) in [4.78, 5) is 93.4. The number of amides is 5. The van der Waals surface area contributed by atoms with Gasteiger partial charge in [-0.15, -0.1) is 0 Å². The highest BCUT2D eigenvalue weighted by Gasteiger charge is 2.33. The van der Waals surface area contributed by atoms with Crippen LogP contribution in [-0.2, 0) is 43.2 Å². The van der Waals surface area contributed by atoms with E-state index in [1.807, 2.05) is 73.7 Å². The van der Waals surface area contributed by atoms with Crippen LogP contribution < -0.4 is 44.3 Å². The molecule has 3 heterocycles. The van der Waals surface area contributed by atoms with Crippen LogP contribution in [0.25, 0.3) is 22.2 Å². The van der Waals surface area contributed by atoms with Crippen molar-refractivity contribution in [1.29, 1.82) is 0 Å². The predicted molar refractivity (Wildman–Crippen MR) is 243 cm³/mol. The van der Waals surface area contributed by atoms with Crippen LogP contribution in [0.15, 0.2) is 102 Å². The number of H-pyrrole nitrogens is 2. The SMILES string of the molecule is Cc1ccc(-c2c(C)n(C(Cc3ccccc3)C(=O)N[C@@H](CCCCN)C(N)=O)c(=O)n2NC(=O)[C@H](C)NC(=O)[C@@H](Cc2c[nH]c3ccccc23)NC(=O)[C@@H](N)Cc2cnc[nH]2)cc1. The summed E-state index contributed by atoms with van der Waals surface area (Å²) < 4.78 is 2.35. The fourth-order valence-corrected chi connectivity index (χ4v) is 7.65. The zero-order chi connectivity index (χ0) is 45.9. The Morgan fingerprint density at radius 1 is 0.781 bits per heavy atom. The Hall–Kier alpha value is -7.31. The summed E-state index contributed by atoms with van der Waals surface area (Å²) >= 11 is 0. The number of hydrogen-bond donors (Lipinski definition) is 9. The van der Waals surface area contributed by atoms with Gasteiger partial charge in [0.15, 0.2) is 0 Å². The average molecular weight is 873 g/mol. The van der Waals surface area contributed by atoms with E-state index in [1.165, 1.54) is 17.8 Å². The van der Waals surface area contributed by atoms with Crippen molar-refractivity contribution >= 4 is 40.4 Å². The Bertz CT molecular complexity index is 2620. The second-order valence-corrected chi connectivity index (χ2v) is 16.0. The molecule has 0 saturated heterocycles. The number of fused-ring (bicyclic) bond motifs is 1. The number of primary amides is 1. The van der Waals surface area contributed by atoms with E-state index in [1.54, 1.807) is 31.5 Å². The second-order valence-electron chi connectivity index (χ2n) is 16.0. The van der Waals surface area contributed by atoms with Crippen molar-refractivity contribution in [2.75, 3.05) is 12.0 Å². The lowest BCUT2D eigenvalue weighted by Crippen LogP contribution is -2.56. The summed E-state index contributed by atoms with van der Waals surface area (Å²) in [5, 5.41) is 9.10. The van der Waals surface area contributed by atoms with Crippen molar-refractivity contribution in [3.05, 3.63) is 136 Å². The number of hydrogen-bond acceptors (Lipinski definition) is 9. The van der Waals surface area contributed by atoms with Crippen LogP contribution in [0.5, 0.6) is 0 Å². The number of unbranched alkanes of at least 4 members (excludes halogenated alkanes) is 1. The molecule has 18 nitrogen and oxygen atoms in total. The first-order chi connectivity index (χ1) is 30.7. The van der Waals surface area contributed by atoms with E-state index in [0.717, 1.165) is 32.3 Å². The Labute approximate surface area is 369 Å². The molecule has 6 aromatic rings. The highest BCUT2D eigenvalue weighted by molar-refractivity contribution is 5.96.